The number of nitrogens with zero attached hydrogens (tertiary/aromatic N) is 1. The molecule has 0 saturated heterocycles. The van der Waals surface area contributed by atoms with E-state index in [0.29, 0.717) is 0 Å². The van der Waals surface area contributed by atoms with Crippen molar-refractivity contribution in [1.82, 2.24) is 6.15 Å². The molecule has 0 aliphatic heterocycles. The van der Waals surface area contributed by atoms with E-state index >= 15 is 0 Å². The Hall–Kier alpha value is -0.460. The van der Waals surface area contributed by atoms with Crippen LogP contribution in [0, 0.1) is 10.7 Å². The van der Waals surface area contributed by atoms with E-state index in [4.69, 9.17) is 5.26 Å². The van der Waals surface area contributed by atoms with Gasteiger partial charge in [-0.2, -0.15) is 5.26 Å². The largest absolute Gasteiger partial charge is 0.344 e. The molecule has 0 aromatic rings. The molecule has 0 unspecified atom stereocenters. The van der Waals surface area contributed by atoms with Gasteiger partial charge in [0.1, 0.15) is 5.40 Å². The summed E-state index contributed by atoms with van der Waals surface area (Å²) in [6, 6.07) is 0. The minimum absolute atomic E-state index is 0. The Balaban J connectivity index is 0. The van der Waals surface area contributed by atoms with E-state index in [9.17, 15) is 0 Å². The minimum atomic E-state index is 0. The highest BCUT2D eigenvalue weighted by molar-refractivity contribution is 8.03. The Labute approximate surface area is 47.8 Å². The van der Waals surface area contributed by atoms with Crippen molar-refractivity contribution in [2.45, 2.75) is 0 Å². The maximum atomic E-state index is 7.86. The molecule has 0 bridgehead atoms. The van der Waals surface area contributed by atoms with Crippen LogP contribution in [0.15, 0.2) is 12.7 Å². The monoisotopic (exact) mass is 116 g/mol. The molecule has 2 nitrogen and oxygen atoms in total. The first-order valence-electron chi connectivity index (χ1n) is 1.53. The molecule has 0 rings (SSSR count). The highest BCUT2D eigenvalue weighted by atomic mass is 32.2. The van der Waals surface area contributed by atoms with Crippen LogP contribution in [0.25, 0.3) is 0 Å². The number of hydrogen-bond donors (Lipinski definition) is 1. The van der Waals surface area contributed by atoms with Crippen molar-refractivity contribution < 1.29 is 0 Å². The van der Waals surface area contributed by atoms with E-state index in [2.05, 4.69) is 6.58 Å². The molecule has 0 spiro atoms. The summed E-state index contributed by atoms with van der Waals surface area (Å²) in [6.45, 7) is 3.43. The fraction of sp³-hybridized carbons (Fsp3) is 0.250. The molecule has 3 heteroatoms. The number of thioether (sulfide) groups is 1. The second kappa shape index (κ2) is 9.11. The summed E-state index contributed by atoms with van der Waals surface area (Å²) in [5.74, 6) is 0.733. The lowest BCUT2D eigenvalue weighted by molar-refractivity contribution is 1.57. The molecule has 0 saturated carbocycles. The van der Waals surface area contributed by atoms with Gasteiger partial charge in [0, 0.05) is 5.75 Å². The van der Waals surface area contributed by atoms with E-state index in [0.717, 1.165) is 5.75 Å². The molecule has 40 valence electrons. The summed E-state index contributed by atoms with van der Waals surface area (Å²) in [5, 5.41) is 9.78. The van der Waals surface area contributed by atoms with Gasteiger partial charge in [0.2, 0.25) is 0 Å². The topological polar surface area (TPSA) is 58.8 Å². The Morgan fingerprint density at radius 3 is 2.57 bits per heavy atom. The van der Waals surface area contributed by atoms with Crippen molar-refractivity contribution in [3.8, 4) is 5.40 Å². The zero-order valence-electron chi connectivity index (χ0n) is 4.05. The standard InChI is InChI=1S/C4H5NS.H3N/c1-2-3-6-4-5;/h2H,1,3H2;1H3. The summed E-state index contributed by atoms with van der Waals surface area (Å²) >= 11 is 1.20. The van der Waals surface area contributed by atoms with E-state index in [-0.39, 0.29) is 6.15 Å². The molecule has 0 aliphatic rings. The number of rotatable bonds is 2. The van der Waals surface area contributed by atoms with Gasteiger partial charge in [-0.25, -0.2) is 0 Å². The molecule has 0 amide bonds. The van der Waals surface area contributed by atoms with Crippen LogP contribution in [0.1, 0.15) is 0 Å². The molecule has 0 fully saturated rings. The zero-order chi connectivity index (χ0) is 4.83. The molecule has 0 radical (unpaired) electrons. The minimum Gasteiger partial charge on any atom is -0.344 e. The number of thiocyanates is 1. The Morgan fingerprint density at radius 1 is 1.86 bits per heavy atom. The Kier molecular flexibility index (Phi) is 12.7. The fourth-order valence-corrected chi connectivity index (χ4v) is 0.289. The second-order valence-electron chi connectivity index (χ2n) is 0.691. The van der Waals surface area contributed by atoms with Crippen molar-refractivity contribution in [1.29, 1.82) is 5.26 Å². The van der Waals surface area contributed by atoms with Crippen molar-refractivity contribution >= 4 is 11.8 Å². The van der Waals surface area contributed by atoms with Crippen LogP contribution in [0.4, 0.5) is 0 Å². The molecule has 0 atom stereocenters. The van der Waals surface area contributed by atoms with Crippen LogP contribution < -0.4 is 6.15 Å². The van der Waals surface area contributed by atoms with E-state index in [1.54, 1.807) is 6.08 Å². The van der Waals surface area contributed by atoms with Gasteiger partial charge in [-0.3, -0.25) is 0 Å². The maximum absolute atomic E-state index is 7.86. The third-order valence-corrected chi connectivity index (χ3v) is 0.797. The highest BCUT2D eigenvalue weighted by Gasteiger charge is 1.69. The van der Waals surface area contributed by atoms with Gasteiger partial charge >= 0.3 is 0 Å². The van der Waals surface area contributed by atoms with Crippen molar-refractivity contribution in [3.63, 3.8) is 0 Å². The van der Waals surface area contributed by atoms with Crippen molar-refractivity contribution in [3.05, 3.63) is 12.7 Å². The van der Waals surface area contributed by atoms with Crippen LogP contribution in [0.5, 0.6) is 0 Å². The SMILES string of the molecule is C=CCSC#N.N. The van der Waals surface area contributed by atoms with Gasteiger partial charge in [0.05, 0.1) is 0 Å². The predicted octanol–water partition coefficient (Wildman–Crippen LogP) is 1.55. The first-order chi connectivity index (χ1) is 2.91. The summed E-state index contributed by atoms with van der Waals surface area (Å²) in [4.78, 5) is 0. The van der Waals surface area contributed by atoms with Gasteiger partial charge in [-0.05, 0) is 11.8 Å². The Morgan fingerprint density at radius 2 is 2.43 bits per heavy atom. The van der Waals surface area contributed by atoms with E-state index in [1.165, 1.54) is 11.8 Å². The van der Waals surface area contributed by atoms with Crippen LogP contribution in [-0.2, 0) is 0 Å². The number of nitriles is 1. The maximum Gasteiger partial charge on any atom is 0.133 e. The highest BCUT2D eigenvalue weighted by Crippen LogP contribution is 1.92. The van der Waals surface area contributed by atoms with Gasteiger partial charge in [-0.15, -0.1) is 6.58 Å². The number of hydrogen-bond acceptors (Lipinski definition) is 3. The van der Waals surface area contributed by atoms with Crippen LogP contribution in [-0.4, -0.2) is 5.75 Å². The van der Waals surface area contributed by atoms with Crippen molar-refractivity contribution in [2.24, 2.45) is 0 Å². The lowest BCUT2D eigenvalue weighted by Gasteiger charge is -1.70. The first-order valence-corrected chi connectivity index (χ1v) is 2.52. The average molecular weight is 116 g/mol. The van der Waals surface area contributed by atoms with Crippen LogP contribution >= 0.6 is 11.8 Å². The van der Waals surface area contributed by atoms with Gasteiger partial charge in [0.25, 0.3) is 0 Å². The summed E-state index contributed by atoms with van der Waals surface area (Å²) in [7, 11) is 0. The Bertz CT molecular complexity index is 74.2. The normalized spacial score (nSPS) is 5.57. The zero-order valence-corrected chi connectivity index (χ0v) is 4.87. The quantitative estimate of drug-likeness (QED) is 0.338. The first kappa shape index (κ1) is 9.74. The molecule has 0 heterocycles. The predicted molar refractivity (Wildman–Crippen MR) is 33.3 cm³/mol. The van der Waals surface area contributed by atoms with Gasteiger partial charge in [-0.1, -0.05) is 6.08 Å². The van der Waals surface area contributed by atoms with Gasteiger partial charge in [0.15, 0.2) is 0 Å². The molecule has 0 aliphatic carbocycles. The molecule has 3 N–H and O–H groups in total. The second-order valence-corrected chi connectivity index (χ2v) is 1.50. The molecular formula is C4H8N2S. The average Bonchev–Trinajstić information content (AvgIpc) is 1.61. The molecular weight excluding hydrogens is 108 g/mol. The van der Waals surface area contributed by atoms with Crippen molar-refractivity contribution in [2.75, 3.05) is 5.75 Å². The van der Waals surface area contributed by atoms with Crippen LogP contribution in [0.2, 0.25) is 0 Å². The van der Waals surface area contributed by atoms with Gasteiger partial charge < -0.3 is 6.15 Å². The van der Waals surface area contributed by atoms with Crippen LogP contribution in [0.3, 0.4) is 0 Å². The summed E-state index contributed by atoms with van der Waals surface area (Å²) in [6.07, 6.45) is 1.70. The lowest BCUT2D eigenvalue weighted by atomic mass is 10.8. The fourth-order valence-electron chi connectivity index (χ4n) is 0.0962. The lowest BCUT2D eigenvalue weighted by Crippen LogP contribution is -1.57. The smallest absolute Gasteiger partial charge is 0.133 e. The van der Waals surface area contributed by atoms with E-state index < -0.39 is 0 Å². The third kappa shape index (κ3) is 10.8. The van der Waals surface area contributed by atoms with E-state index in [1.807, 2.05) is 5.40 Å². The summed E-state index contributed by atoms with van der Waals surface area (Å²) < 4.78 is 0. The molecule has 0 aromatic carbocycles. The molecule has 0 aromatic heterocycles. The summed E-state index contributed by atoms with van der Waals surface area (Å²) in [5.41, 5.74) is 0. The molecule has 7 heavy (non-hydrogen) atoms. The third-order valence-electron chi connectivity index (χ3n) is 0.266.